The van der Waals surface area contributed by atoms with Gasteiger partial charge < -0.3 is 9.47 Å². The number of carbonyl (C=O) groups excluding carboxylic acids is 2. The molecular weight excluding hydrogens is 452 g/mol. The van der Waals surface area contributed by atoms with Crippen LogP contribution in [-0.2, 0) is 32.2 Å². The maximum atomic E-state index is 11.8. The van der Waals surface area contributed by atoms with Crippen molar-refractivity contribution in [1.29, 1.82) is 0 Å². The van der Waals surface area contributed by atoms with E-state index in [2.05, 4.69) is 72.2 Å². The van der Waals surface area contributed by atoms with Crippen LogP contribution < -0.4 is 0 Å². The molecule has 2 heterocycles. The summed E-state index contributed by atoms with van der Waals surface area (Å²) in [5.74, 6) is 0.754. The number of hydrogen-bond donors (Lipinski definition) is 0. The van der Waals surface area contributed by atoms with E-state index in [-0.39, 0.29) is 23.8 Å². The molecule has 0 aliphatic carbocycles. The van der Waals surface area contributed by atoms with Gasteiger partial charge in [0, 0.05) is 39.3 Å². The summed E-state index contributed by atoms with van der Waals surface area (Å²) in [6.45, 7) is 14.3. The van der Waals surface area contributed by atoms with Crippen molar-refractivity contribution in [2.75, 3.05) is 39.4 Å². The smallest absolute Gasteiger partial charge is 0.310 e. The Hall–Kier alpha value is -2.70. The van der Waals surface area contributed by atoms with Gasteiger partial charge in [0.15, 0.2) is 0 Å². The molecule has 0 N–H and O–H groups in total. The van der Waals surface area contributed by atoms with Crippen LogP contribution in [0.2, 0.25) is 0 Å². The van der Waals surface area contributed by atoms with Gasteiger partial charge in [-0.1, -0.05) is 74.5 Å². The molecule has 6 nitrogen and oxygen atoms in total. The minimum atomic E-state index is -0.0411. The van der Waals surface area contributed by atoms with Crippen LogP contribution >= 0.6 is 0 Å². The highest BCUT2D eigenvalue weighted by molar-refractivity contribution is 5.73. The quantitative estimate of drug-likeness (QED) is 0.499. The van der Waals surface area contributed by atoms with Crippen molar-refractivity contribution >= 4 is 11.9 Å². The molecule has 2 aromatic carbocycles. The first-order chi connectivity index (χ1) is 17.4. The fraction of sp³-hybridized carbons (Fsp3) is 0.533. The Kier molecular flexibility index (Phi) is 11.0. The summed E-state index contributed by atoms with van der Waals surface area (Å²) >= 11 is 0. The highest BCUT2D eigenvalue weighted by Gasteiger charge is 2.36. The van der Waals surface area contributed by atoms with Gasteiger partial charge in [-0.25, -0.2) is 0 Å². The van der Waals surface area contributed by atoms with Gasteiger partial charge >= 0.3 is 11.9 Å². The van der Waals surface area contributed by atoms with Crippen molar-refractivity contribution in [2.45, 2.75) is 40.8 Å². The van der Waals surface area contributed by atoms with Crippen molar-refractivity contribution in [1.82, 2.24) is 9.80 Å². The zero-order chi connectivity index (χ0) is 25.9. The molecule has 36 heavy (non-hydrogen) atoms. The number of ether oxygens (including phenoxy) is 2. The fourth-order valence-corrected chi connectivity index (χ4v) is 5.19. The van der Waals surface area contributed by atoms with Crippen LogP contribution in [0.15, 0.2) is 60.7 Å². The molecule has 2 aliphatic rings. The first-order valence-electron chi connectivity index (χ1n) is 13.3. The number of hydrogen-bond acceptors (Lipinski definition) is 6. The number of likely N-dealkylation sites (tertiary alicyclic amines) is 2. The minimum Gasteiger partial charge on any atom is -0.466 e. The molecule has 2 saturated heterocycles. The number of nitrogens with zero attached hydrogens (tertiary/aromatic N) is 2. The van der Waals surface area contributed by atoms with Gasteiger partial charge in [0.25, 0.3) is 0 Å². The van der Waals surface area contributed by atoms with Crippen LogP contribution in [0.3, 0.4) is 0 Å². The van der Waals surface area contributed by atoms with E-state index in [0.717, 1.165) is 39.3 Å². The maximum absolute atomic E-state index is 11.8. The SMILES string of the molecule is CCOC(=O)[C@@H]1CN(Cc2ccccc2)C[C@H]1C.CCOC(=O)[C@@H]1CN(Cc2ccccc2)C[C@H]1C. The van der Waals surface area contributed by atoms with Crippen LogP contribution in [0.25, 0.3) is 0 Å². The summed E-state index contributed by atoms with van der Waals surface area (Å²) in [6.07, 6.45) is 0. The summed E-state index contributed by atoms with van der Waals surface area (Å²) in [7, 11) is 0. The molecule has 4 rings (SSSR count). The van der Waals surface area contributed by atoms with Gasteiger partial charge in [0.2, 0.25) is 0 Å². The van der Waals surface area contributed by atoms with Gasteiger partial charge in [-0.3, -0.25) is 19.4 Å². The third-order valence-electron chi connectivity index (χ3n) is 7.05. The Bertz CT molecular complexity index is 859. The molecule has 196 valence electrons. The van der Waals surface area contributed by atoms with E-state index in [4.69, 9.17) is 9.47 Å². The second-order valence-electron chi connectivity index (χ2n) is 10.0. The van der Waals surface area contributed by atoms with Crippen molar-refractivity contribution in [3.8, 4) is 0 Å². The summed E-state index contributed by atoms with van der Waals surface area (Å²) in [5, 5.41) is 0. The Morgan fingerprint density at radius 1 is 0.667 bits per heavy atom. The highest BCUT2D eigenvalue weighted by atomic mass is 16.5. The third kappa shape index (κ3) is 8.17. The van der Waals surface area contributed by atoms with Gasteiger partial charge in [0.1, 0.15) is 0 Å². The molecule has 0 spiro atoms. The summed E-state index contributed by atoms with van der Waals surface area (Å²) in [6, 6.07) is 20.8. The van der Waals surface area contributed by atoms with Crippen LogP contribution in [-0.4, -0.2) is 61.1 Å². The Morgan fingerprint density at radius 3 is 1.36 bits per heavy atom. The number of rotatable bonds is 8. The van der Waals surface area contributed by atoms with E-state index in [9.17, 15) is 9.59 Å². The first kappa shape index (κ1) is 27.9. The first-order valence-corrected chi connectivity index (χ1v) is 13.3. The monoisotopic (exact) mass is 494 g/mol. The molecule has 0 bridgehead atoms. The topological polar surface area (TPSA) is 59.1 Å². The minimum absolute atomic E-state index is 0.0358. The lowest BCUT2D eigenvalue weighted by atomic mass is 9.99. The molecular formula is C30H42N2O4. The van der Waals surface area contributed by atoms with E-state index in [0.29, 0.717) is 25.0 Å². The lowest BCUT2D eigenvalue weighted by Crippen LogP contribution is -2.25. The molecule has 0 radical (unpaired) electrons. The molecule has 0 unspecified atom stereocenters. The molecule has 0 aromatic heterocycles. The molecule has 0 amide bonds. The van der Waals surface area contributed by atoms with E-state index >= 15 is 0 Å². The summed E-state index contributed by atoms with van der Waals surface area (Å²) in [5.41, 5.74) is 2.60. The maximum Gasteiger partial charge on any atom is 0.310 e. The highest BCUT2D eigenvalue weighted by Crippen LogP contribution is 2.26. The average molecular weight is 495 g/mol. The van der Waals surface area contributed by atoms with Crippen LogP contribution in [0.4, 0.5) is 0 Å². The summed E-state index contributed by atoms with van der Waals surface area (Å²) < 4.78 is 10.3. The molecule has 2 aromatic rings. The number of esters is 2. The normalized spacial score (nSPS) is 24.1. The van der Waals surface area contributed by atoms with Crippen molar-refractivity contribution in [2.24, 2.45) is 23.7 Å². The average Bonchev–Trinajstić information content (AvgIpc) is 3.42. The zero-order valence-electron chi connectivity index (χ0n) is 22.3. The lowest BCUT2D eigenvalue weighted by molar-refractivity contribution is -0.149. The van der Waals surface area contributed by atoms with E-state index in [1.54, 1.807) is 0 Å². The van der Waals surface area contributed by atoms with Gasteiger partial charge in [0.05, 0.1) is 25.0 Å². The predicted octanol–water partition coefficient (Wildman–Crippen LogP) is 4.64. The number of carbonyl (C=O) groups is 2. The predicted molar refractivity (Wildman–Crippen MR) is 142 cm³/mol. The Morgan fingerprint density at radius 2 is 1.03 bits per heavy atom. The van der Waals surface area contributed by atoms with Gasteiger partial charge in [-0.05, 0) is 36.8 Å². The largest absolute Gasteiger partial charge is 0.466 e. The van der Waals surface area contributed by atoms with Crippen LogP contribution in [0, 0.1) is 23.7 Å². The van der Waals surface area contributed by atoms with Crippen molar-refractivity contribution in [3.05, 3.63) is 71.8 Å². The number of benzene rings is 2. The molecule has 6 heteroatoms. The lowest BCUT2D eigenvalue weighted by Gasteiger charge is -2.15. The molecule has 0 saturated carbocycles. The van der Waals surface area contributed by atoms with E-state index < -0.39 is 0 Å². The summed E-state index contributed by atoms with van der Waals surface area (Å²) in [4.78, 5) is 28.3. The van der Waals surface area contributed by atoms with Crippen molar-refractivity contribution in [3.63, 3.8) is 0 Å². The van der Waals surface area contributed by atoms with Crippen molar-refractivity contribution < 1.29 is 19.1 Å². The zero-order valence-corrected chi connectivity index (χ0v) is 22.3. The standard InChI is InChI=1S/2C15H21NO2/c2*1-3-18-15(17)14-11-16(9-12(14)2)10-13-7-5-4-6-8-13/h2*4-8,12,14H,3,9-11H2,1-2H3/t2*12-,14-/m11/s1. The van der Waals surface area contributed by atoms with Crippen LogP contribution in [0.5, 0.6) is 0 Å². The molecule has 4 atom stereocenters. The van der Waals surface area contributed by atoms with Crippen LogP contribution in [0.1, 0.15) is 38.8 Å². The molecule has 2 aliphatic heterocycles. The fourth-order valence-electron chi connectivity index (χ4n) is 5.19. The van der Waals surface area contributed by atoms with Gasteiger partial charge in [-0.15, -0.1) is 0 Å². The van der Waals surface area contributed by atoms with Gasteiger partial charge in [-0.2, -0.15) is 0 Å². The second kappa shape index (κ2) is 14.1. The van der Waals surface area contributed by atoms with E-state index in [1.165, 1.54) is 11.1 Å². The van der Waals surface area contributed by atoms with E-state index in [1.807, 2.05) is 26.0 Å². The second-order valence-corrected chi connectivity index (χ2v) is 10.0. The molecule has 2 fully saturated rings. The third-order valence-corrected chi connectivity index (χ3v) is 7.05. The Balaban J connectivity index is 0.000000201. The Labute approximate surface area is 216 Å².